The lowest BCUT2D eigenvalue weighted by Gasteiger charge is -2.09. The second kappa shape index (κ2) is 6.00. The summed E-state index contributed by atoms with van der Waals surface area (Å²) in [6.45, 7) is 1.91. The smallest absolute Gasteiger partial charge is 0.288 e. The average molecular weight is 286 g/mol. The fraction of sp³-hybridized carbons (Fsp3) is 0.143. The summed E-state index contributed by atoms with van der Waals surface area (Å²) in [7, 11) is 1.59. The summed E-state index contributed by atoms with van der Waals surface area (Å²) in [4.78, 5) is 26.4. The van der Waals surface area contributed by atoms with E-state index in [9.17, 15) is 14.9 Å². The number of aromatic nitrogens is 1. The maximum absolute atomic E-state index is 12.3. The molecule has 0 radical (unpaired) electrons. The number of carbonyl (C=O) groups is 1. The maximum Gasteiger partial charge on any atom is 0.288 e. The molecule has 0 fully saturated rings. The van der Waals surface area contributed by atoms with E-state index in [1.54, 1.807) is 13.1 Å². The molecule has 2 aromatic rings. The normalized spacial score (nSPS) is 10.0. The fourth-order valence-electron chi connectivity index (χ4n) is 1.85. The molecule has 0 saturated carbocycles. The second-order valence-electron chi connectivity index (χ2n) is 4.42. The Labute approximate surface area is 121 Å². The van der Waals surface area contributed by atoms with Gasteiger partial charge in [-0.05, 0) is 24.6 Å². The summed E-state index contributed by atoms with van der Waals surface area (Å²) in [5.41, 5.74) is 1.50. The Kier molecular flexibility index (Phi) is 4.13. The number of hydrogen-bond acceptors (Lipinski definition) is 5. The van der Waals surface area contributed by atoms with Gasteiger partial charge < -0.3 is 10.6 Å². The standard InChI is InChI=1S/C14H14N4O3/c1-9-4-3-5-10(6-9)17-14(19)12-7-11(18(20)21)8-16-13(12)15-2/h3-8H,1-2H3,(H,15,16)(H,17,19). The van der Waals surface area contributed by atoms with Crippen molar-refractivity contribution in [1.29, 1.82) is 0 Å². The molecule has 0 spiro atoms. The minimum atomic E-state index is -0.587. The van der Waals surface area contributed by atoms with Crippen LogP contribution < -0.4 is 10.6 Å². The molecule has 7 nitrogen and oxygen atoms in total. The molecular formula is C14H14N4O3. The summed E-state index contributed by atoms with van der Waals surface area (Å²) >= 11 is 0. The third-order valence-electron chi connectivity index (χ3n) is 2.84. The van der Waals surface area contributed by atoms with Crippen LogP contribution in [0.2, 0.25) is 0 Å². The molecule has 2 rings (SSSR count). The monoisotopic (exact) mass is 286 g/mol. The van der Waals surface area contributed by atoms with E-state index in [-0.39, 0.29) is 17.1 Å². The number of carbonyl (C=O) groups excluding carboxylic acids is 1. The molecule has 0 aliphatic rings. The van der Waals surface area contributed by atoms with E-state index in [1.165, 1.54) is 6.07 Å². The van der Waals surface area contributed by atoms with Gasteiger partial charge in [-0.1, -0.05) is 12.1 Å². The van der Waals surface area contributed by atoms with Crippen LogP contribution in [0.5, 0.6) is 0 Å². The predicted octanol–water partition coefficient (Wildman–Crippen LogP) is 2.59. The van der Waals surface area contributed by atoms with Crippen LogP contribution in [0.15, 0.2) is 36.5 Å². The zero-order valence-electron chi connectivity index (χ0n) is 11.6. The van der Waals surface area contributed by atoms with Gasteiger partial charge in [-0.2, -0.15) is 0 Å². The highest BCUT2D eigenvalue weighted by atomic mass is 16.6. The number of rotatable bonds is 4. The molecule has 0 atom stereocenters. The van der Waals surface area contributed by atoms with E-state index in [0.29, 0.717) is 5.69 Å². The Balaban J connectivity index is 2.33. The average Bonchev–Trinajstić information content (AvgIpc) is 2.46. The highest BCUT2D eigenvalue weighted by molar-refractivity contribution is 6.07. The molecule has 2 N–H and O–H groups in total. The summed E-state index contributed by atoms with van der Waals surface area (Å²) in [6, 6.07) is 8.47. The molecule has 1 aromatic carbocycles. The summed E-state index contributed by atoms with van der Waals surface area (Å²) < 4.78 is 0. The van der Waals surface area contributed by atoms with Crippen LogP contribution in [-0.4, -0.2) is 22.9 Å². The number of benzene rings is 1. The van der Waals surface area contributed by atoms with Crippen LogP contribution in [0, 0.1) is 17.0 Å². The van der Waals surface area contributed by atoms with Gasteiger partial charge >= 0.3 is 0 Å². The van der Waals surface area contributed by atoms with Crippen molar-refractivity contribution in [3.05, 3.63) is 57.8 Å². The number of nitrogens with one attached hydrogen (secondary N) is 2. The lowest BCUT2D eigenvalue weighted by molar-refractivity contribution is -0.385. The van der Waals surface area contributed by atoms with Gasteiger partial charge in [-0.15, -0.1) is 0 Å². The van der Waals surface area contributed by atoms with Crippen molar-refractivity contribution in [3.63, 3.8) is 0 Å². The van der Waals surface area contributed by atoms with Gasteiger partial charge in [0.2, 0.25) is 0 Å². The van der Waals surface area contributed by atoms with E-state index in [2.05, 4.69) is 15.6 Å². The van der Waals surface area contributed by atoms with Crippen molar-refractivity contribution in [2.45, 2.75) is 6.92 Å². The second-order valence-corrected chi connectivity index (χ2v) is 4.42. The topological polar surface area (TPSA) is 97.2 Å². The minimum absolute atomic E-state index is 0.119. The molecule has 21 heavy (non-hydrogen) atoms. The van der Waals surface area contributed by atoms with Crippen LogP contribution >= 0.6 is 0 Å². The first-order valence-corrected chi connectivity index (χ1v) is 6.21. The molecular weight excluding hydrogens is 272 g/mol. The quantitative estimate of drug-likeness (QED) is 0.665. The molecule has 0 unspecified atom stereocenters. The van der Waals surface area contributed by atoms with Crippen LogP contribution in [-0.2, 0) is 0 Å². The van der Waals surface area contributed by atoms with Crippen molar-refractivity contribution in [1.82, 2.24) is 4.98 Å². The molecule has 0 aliphatic heterocycles. The zero-order chi connectivity index (χ0) is 15.4. The Morgan fingerprint density at radius 3 is 2.71 bits per heavy atom. The minimum Gasteiger partial charge on any atom is -0.372 e. The summed E-state index contributed by atoms with van der Waals surface area (Å²) in [6.07, 6.45) is 1.11. The van der Waals surface area contributed by atoms with Crippen molar-refractivity contribution < 1.29 is 9.72 Å². The van der Waals surface area contributed by atoms with Crippen LogP contribution in [0.4, 0.5) is 17.2 Å². The Morgan fingerprint density at radius 2 is 2.10 bits per heavy atom. The molecule has 0 saturated heterocycles. The highest BCUT2D eigenvalue weighted by Crippen LogP contribution is 2.20. The summed E-state index contributed by atoms with van der Waals surface area (Å²) in [5.74, 6) is -0.174. The molecule has 1 heterocycles. The number of hydrogen-bond donors (Lipinski definition) is 2. The van der Waals surface area contributed by atoms with Gasteiger partial charge in [-0.3, -0.25) is 14.9 Å². The summed E-state index contributed by atoms with van der Waals surface area (Å²) in [5, 5.41) is 16.2. The number of nitrogens with zero attached hydrogens (tertiary/aromatic N) is 2. The van der Waals surface area contributed by atoms with Gasteiger partial charge in [0, 0.05) is 18.8 Å². The highest BCUT2D eigenvalue weighted by Gasteiger charge is 2.17. The maximum atomic E-state index is 12.3. The predicted molar refractivity (Wildman–Crippen MR) is 79.6 cm³/mol. The van der Waals surface area contributed by atoms with Crippen molar-refractivity contribution in [3.8, 4) is 0 Å². The number of amides is 1. The first kappa shape index (κ1) is 14.4. The van der Waals surface area contributed by atoms with Crippen molar-refractivity contribution >= 4 is 23.1 Å². The van der Waals surface area contributed by atoms with E-state index in [0.717, 1.165) is 11.8 Å². The van der Waals surface area contributed by atoms with Gasteiger partial charge in [-0.25, -0.2) is 4.98 Å². The Bertz CT molecular complexity index is 700. The third kappa shape index (κ3) is 3.33. The lowest BCUT2D eigenvalue weighted by Crippen LogP contribution is -2.15. The van der Waals surface area contributed by atoms with E-state index in [4.69, 9.17) is 0 Å². The fourth-order valence-corrected chi connectivity index (χ4v) is 1.85. The van der Waals surface area contributed by atoms with Gasteiger partial charge in [0.05, 0.1) is 10.5 Å². The molecule has 0 aliphatic carbocycles. The van der Waals surface area contributed by atoms with Gasteiger partial charge in [0.15, 0.2) is 0 Å². The largest absolute Gasteiger partial charge is 0.372 e. The van der Waals surface area contributed by atoms with Crippen LogP contribution in [0.1, 0.15) is 15.9 Å². The van der Waals surface area contributed by atoms with E-state index >= 15 is 0 Å². The first-order chi connectivity index (χ1) is 10.0. The Hall–Kier alpha value is -2.96. The SMILES string of the molecule is CNc1ncc([N+](=O)[O-])cc1C(=O)Nc1cccc(C)c1. The van der Waals surface area contributed by atoms with Gasteiger partial charge in [0.1, 0.15) is 12.0 Å². The van der Waals surface area contributed by atoms with Gasteiger partial charge in [0.25, 0.3) is 11.6 Å². The number of anilines is 2. The number of aryl methyl sites for hydroxylation is 1. The zero-order valence-corrected chi connectivity index (χ0v) is 11.6. The number of pyridine rings is 1. The van der Waals surface area contributed by atoms with Crippen LogP contribution in [0.3, 0.4) is 0 Å². The van der Waals surface area contributed by atoms with E-state index < -0.39 is 10.8 Å². The third-order valence-corrected chi connectivity index (χ3v) is 2.84. The lowest BCUT2D eigenvalue weighted by atomic mass is 10.2. The van der Waals surface area contributed by atoms with Crippen molar-refractivity contribution in [2.75, 3.05) is 17.7 Å². The van der Waals surface area contributed by atoms with Crippen LogP contribution in [0.25, 0.3) is 0 Å². The molecule has 108 valence electrons. The molecule has 0 bridgehead atoms. The molecule has 1 aromatic heterocycles. The van der Waals surface area contributed by atoms with Crippen molar-refractivity contribution in [2.24, 2.45) is 0 Å². The first-order valence-electron chi connectivity index (χ1n) is 6.21. The molecule has 7 heteroatoms. The van der Waals surface area contributed by atoms with E-state index in [1.807, 2.05) is 25.1 Å². The Morgan fingerprint density at radius 1 is 1.33 bits per heavy atom. The molecule has 1 amide bonds. The number of nitro groups is 1.